The molecule has 0 atom stereocenters. The molecule has 148 valence electrons. The largest absolute Gasteiger partial charge is 0.444 e. The first-order chi connectivity index (χ1) is 12.6. The summed E-state index contributed by atoms with van der Waals surface area (Å²) in [7, 11) is 3.77. The van der Waals surface area contributed by atoms with Crippen molar-refractivity contribution in [2.45, 2.75) is 58.7 Å². The molecule has 0 saturated carbocycles. The van der Waals surface area contributed by atoms with Crippen LogP contribution in [0.1, 0.15) is 44.9 Å². The van der Waals surface area contributed by atoms with Gasteiger partial charge in [-0.25, -0.2) is 9.78 Å². The van der Waals surface area contributed by atoms with Crippen LogP contribution in [0.5, 0.6) is 0 Å². The molecule has 1 aliphatic rings. The zero-order chi connectivity index (χ0) is 19.8. The Morgan fingerprint density at radius 1 is 1.33 bits per heavy atom. The topological polar surface area (TPSA) is 63.5 Å². The number of amides is 1. The normalized spacial score (nSPS) is 16.7. The molecule has 2 aromatic heterocycles. The smallest absolute Gasteiger partial charge is 0.410 e. The van der Waals surface area contributed by atoms with Crippen molar-refractivity contribution in [3.05, 3.63) is 23.5 Å². The van der Waals surface area contributed by atoms with Crippen LogP contribution < -0.4 is 0 Å². The van der Waals surface area contributed by atoms with E-state index in [2.05, 4.69) is 21.0 Å². The highest BCUT2D eigenvalue weighted by atomic mass is 16.6. The van der Waals surface area contributed by atoms with Crippen molar-refractivity contribution in [3.8, 4) is 0 Å². The minimum absolute atomic E-state index is 0.234. The van der Waals surface area contributed by atoms with E-state index in [1.807, 2.05) is 52.7 Å². The van der Waals surface area contributed by atoms with Crippen LogP contribution in [-0.4, -0.2) is 62.4 Å². The third kappa shape index (κ3) is 4.58. The fourth-order valence-electron chi connectivity index (χ4n) is 3.64. The lowest BCUT2D eigenvalue weighted by Gasteiger charge is -2.37. The van der Waals surface area contributed by atoms with Crippen LogP contribution in [0.3, 0.4) is 0 Å². The molecule has 27 heavy (non-hydrogen) atoms. The molecule has 1 saturated heterocycles. The van der Waals surface area contributed by atoms with E-state index in [0.717, 1.165) is 49.2 Å². The minimum atomic E-state index is -0.456. The van der Waals surface area contributed by atoms with Crippen molar-refractivity contribution < 1.29 is 9.53 Å². The summed E-state index contributed by atoms with van der Waals surface area (Å²) in [4.78, 5) is 21.0. The first-order valence-corrected chi connectivity index (χ1v) is 9.60. The standard InChI is InChI=1S/C20H31N5O2/c1-14-17-11-15(12-21-18(17)24(6)22-14)13-25-9-7-16(8-10-25)23(5)19(26)27-20(2,3)4/h11-12,16H,7-10,13H2,1-6H3. The molecule has 0 bridgehead atoms. The van der Waals surface area contributed by atoms with Gasteiger partial charge in [0.25, 0.3) is 0 Å². The third-order valence-corrected chi connectivity index (χ3v) is 5.11. The molecule has 0 spiro atoms. The highest BCUT2D eigenvalue weighted by Gasteiger charge is 2.28. The predicted octanol–water partition coefficient (Wildman–Crippen LogP) is 3.11. The lowest BCUT2D eigenvalue weighted by atomic mass is 10.0. The Morgan fingerprint density at radius 3 is 2.63 bits per heavy atom. The highest BCUT2D eigenvalue weighted by molar-refractivity contribution is 5.78. The van der Waals surface area contributed by atoms with Gasteiger partial charge in [0.2, 0.25) is 0 Å². The number of rotatable bonds is 3. The summed E-state index contributed by atoms with van der Waals surface area (Å²) < 4.78 is 7.31. The van der Waals surface area contributed by atoms with Crippen molar-refractivity contribution in [1.82, 2.24) is 24.6 Å². The van der Waals surface area contributed by atoms with Gasteiger partial charge in [-0.05, 0) is 52.2 Å². The number of ether oxygens (including phenoxy) is 1. The second-order valence-corrected chi connectivity index (χ2v) is 8.52. The van der Waals surface area contributed by atoms with Crippen molar-refractivity contribution in [1.29, 1.82) is 0 Å². The number of nitrogens with zero attached hydrogens (tertiary/aromatic N) is 5. The molecule has 0 N–H and O–H groups in total. The number of carbonyl (C=O) groups excluding carboxylic acids is 1. The first kappa shape index (κ1) is 19.6. The van der Waals surface area contributed by atoms with E-state index in [1.54, 1.807) is 4.90 Å². The van der Waals surface area contributed by atoms with Gasteiger partial charge < -0.3 is 9.64 Å². The Morgan fingerprint density at radius 2 is 2.00 bits per heavy atom. The van der Waals surface area contributed by atoms with Gasteiger partial charge in [0, 0.05) is 51.4 Å². The van der Waals surface area contributed by atoms with Crippen molar-refractivity contribution >= 4 is 17.1 Å². The molecule has 3 heterocycles. The Bertz CT molecular complexity index is 816. The van der Waals surface area contributed by atoms with Crippen LogP contribution >= 0.6 is 0 Å². The van der Waals surface area contributed by atoms with Gasteiger partial charge in [-0.15, -0.1) is 0 Å². The molecule has 7 nitrogen and oxygen atoms in total. The van der Waals surface area contributed by atoms with Crippen molar-refractivity contribution in [3.63, 3.8) is 0 Å². The second kappa shape index (κ2) is 7.46. The van der Waals surface area contributed by atoms with E-state index in [0.29, 0.717) is 0 Å². The van der Waals surface area contributed by atoms with Gasteiger partial charge >= 0.3 is 6.09 Å². The number of hydrogen-bond donors (Lipinski definition) is 0. The molecule has 0 aromatic carbocycles. The number of likely N-dealkylation sites (tertiary alicyclic amines) is 1. The SMILES string of the molecule is Cc1nn(C)c2ncc(CN3CCC(N(C)C(=O)OC(C)(C)C)CC3)cc12. The quantitative estimate of drug-likeness (QED) is 0.827. The second-order valence-electron chi connectivity index (χ2n) is 8.52. The molecule has 0 unspecified atom stereocenters. The number of piperidine rings is 1. The van der Waals surface area contributed by atoms with Crippen molar-refractivity contribution in [2.24, 2.45) is 7.05 Å². The molecule has 1 amide bonds. The van der Waals surface area contributed by atoms with Crippen LogP contribution in [0.2, 0.25) is 0 Å². The van der Waals surface area contributed by atoms with E-state index in [1.165, 1.54) is 5.56 Å². The zero-order valence-electron chi connectivity index (χ0n) is 17.3. The summed E-state index contributed by atoms with van der Waals surface area (Å²) >= 11 is 0. The summed E-state index contributed by atoms with van der Waals surface area (Å²) in [5, 5.41) is 5.56. The Balaban J connectivity index is 1.56. The van der Waals surface area contributed by atoms with Gasteiger partial charge in [0.15, 0.2) is 5.65 Å². The maximum atomic E-state index is 12.3. The number of carbonyl (C=O) groups is 1. The monoisotopic (exact) mass is 373 g/mol. The summed E-state index contributed by atoms with van der Waals surface area (Å²) in [6.07, 6.45) is 3.62. The van der Waals surface area contributed by atoms with E-state index in [-0.39, 0.29) is 12.1 Å². The average Bonchev–Trinajstić information content (AvgIpc) is 2.87. The Hall–Kier alpha value is -2.15. The fourth-order valence-corrected chi connectivity index (χ4v) is 3.64. The van der Waals surface area contributed by atoms with E-state index < -0.39 is 5.60 Å². The Labute approximate surface area is 161 Å². The summed E-state index contributed by atoms with van der Waals surface area (Å²) in [6.45, 7) is 10.5. The lowest BCUT2D eigenvalue weighted by molar-refractivity contribution is 0.0149. The molecule has 0 aliphatic carbocycles. The van der Waals surface area contributed by atoms with E-state index in [4.69, 9.17) is 4.74 Å². The van der Waals surface area contributed by atoms with Gasteiger partial charge in [0.1, 0.15) is 5.60 Å². The average molecular weight is 374 g/mol. The number of hydrogen-bond acceptors (Lipinski definition) is 5. The minimum Gasteiger partial charge on any atom is -0.444 e. The molecular weight excluding hydrogens is 342 g/mol. The van der Waals surface area contributed by atoms with Crippen LogP contribution in [0.15, 0.2) is 12.3 Å². The van der Waals surface area contributed by atoms with Gasteiger partial charge in [-0.3, -0.25) is 9.58 Å². The molecule has 2 aromatic rings. The maximum Gasteiger partial charge on any atom is 0.410 e. The lowest BCUT2D eigenvalue weighted by Crippen LogP contribution is -2.46. The van der Waals surface area contributed by atoms with E-state index in [9.17, 15) is 4.79 Å². The summed E-state index contributed by atoms with van der Waals surface area (Å²) in [6, 6.07) is 2.43. The molecule has 7 heteroatoms. The van der Waals surface area contributed by atoms with Gasteiger partial charge in [-0.2, -0.15) is 5.10 Å². The summed E-state index contributed by atoms with van der Waals surface area (Å²) in [5.74, 6) is 0. The maximum absolute atomic E-state index is 12.3. The molecule has 1 aliphatic heterocycles. The molecular formula is C20H31N5O2. The number of pyridine rings is 1. The van der Waals surface area contributed by atoms with Gasteiger partial charge in [-0.1, -0.05) is 0 Å². The third-order valence-electron chi connectivity index (χ3n) is 5.11. The van der Waals surface area contributed by atoms with E-state index >= 15 is 0 Å². The first-order valence-electron chi connectivity index (χ1n) is 9.60. The Kier molecular flexibility index (Phi) is 5.42. The molecule has 3 rings (SSSR count). The van der Waals surface area contributed by atoms with Crippen LogP contribution in [-0.2, 0) is 18.3 Å². The molecule has 0 radical (unpaired) electrons. The van der Waals surface area contributed by atoms with Crippen LogP contribution in [0.4, 0.5) is 4.79 Å². The molecule has 1 fully saturated rings. The zero-order valence-corrected chi connectivity index (χ0v) is 17.3. The van der Waals surface area contributed by atoms with Crippen molar-refractivity contribution in [2.75, 3.05) is 20.1 Å². The predicted molar refractivity (Wildman–Crippen MR) is 106 cm³/mol. The number of aromatic nitrogens is 3. The highest BCUT2D eigenvalue weighted by Crippen LogP contribution is 2.21. The number of aryl methyl sites for hydroxylation is 2. The fraction of sp³-hybridized carbons (Fsp3) is 0.650. The van der Waals surface area contributed by atoms with Crippen LogP contribution in [0, 0.1) is 6.92 Å². The summed E-state index contributed by atoms with van der Waals surface area (Å²) in [5.41, 5.74) is 2.69. The number of fused-ring (bicyclic) bond motifs is 1. The van der Waals surface area contributed by atoms with Crippen LogP contribution in [0.25, 0.3) is 11.0 Å². The van der Waals surface area contributed by atoms with Gasteiger partial charge in [0.05, 0.1) is 5.69 Å².